The van der Waals surface area contributed by atoms with Gasteiger partial charge in [0.15, 0.2) is 5.79 Å². The Bertz CT molecular complexity index is 1140. The minimum atomic E-state index is -0.811. The van der Waals surface area contributed by atoms with E-state index in [4.69, 9.17) is 18.9 Å². The monoisotopic (exact) mass is 727 g/mol. The summed E-state index contributed by atoms with van der Waals surface area (Å²) in [4.78, 5) is 39.1. The van der Waals surface area contributed by atoms with Crippen LogP contribution in [0.15, 0.2) is 35.9 Å². The molecular formula is C34H50INO8. The van der Waals surface area contributed by atoms with Crippen molar-refractivity contribution in [1.29, 1.82) is 0 Å². The number of unbranched alkanes of at least 4 members (excludes halogenated alkanes) is 4. The number of amides is 1. The zero-order valence-electron chi connectivity index (χ0n) is 26.9. The van der Waals surface area contributed by atoms with Crippen molar-refractivity contribution < 1.29 is 38.4 Å². The van der Waals surface area contributed by atoms with Gasteiger partial charge in [0, 0.05) is 34.8 Å². The van der Waals surface area contributed by atoms with Crippen molar-refractivity contribution in [3.63, 3.8) is 0 Å². The molecule has 246 valence electrons. The van der Waals surface area contributed by atoms with Crippen molar-refractivity contribution in [2.45, 2.75) is 141 Å². The summed E-state index contributed by atoms with van der Waals surface area (Å²) < 4.78 is 25.5. The molecule has 2 aliphatic rings. The number of aliphatic hydroxyl groups is 1. The average molecular weight is 728 g/mol. The summed E-state index contributed by atoms with van der Waals surface area (Å²) in [6.07, 6.45) is 7.89. The maximum Gasteiger partial charge on any atom is 0.339 e. The summed E-state index contributed by atoms with van der Waals surface area (Å²) in [6, 6.07) is 6.55. The predicted molar refractivity (Wildman–Crippen MR) is 176 cm³/mol. The molecule has 10 heteroatoms. The highest BCUT2D eigenvalue weighted by Crippen LogP contribution is 2.43. The van der Waals surface area contributed by atoms with Gasteiger partial charge in [0.25, 0.3) is 0 Å². The molecule has 0 saturated carbocycles. The Balaban J connectivity index is 1.82. The highest BCUT2D eigenvalue weighted by molar-refractivity contribution is 14.1. The lowest BCUT2D eigenvalue weighted by atomic mass is 9.91. The Morgan fingerprint density at radius 1 is 1.07 bits per heavy atom. The molecule has 0 bridgehead atoms. The third-order valence-corrected chi connectivity index (χ3v) is 8.76. The van der Waals surface area contributed by atoms with Gasteiger partial charge in [0.1, 0.15) is 23.9 Å². The molecule has 9 nitrogen and oxygen atoms in total. The van der Waals surface area contributed by atoms with Crippen LogP contribution in [0.2, 0.25) is 0 Å². The molecule has 1 aliphatic heterocycles. The van der Waals surface area contributed by atoms with Crippen molar-refractivity contribution in [2.75, 3.05) is 6.61 Å². The van der Waals surface area contributed by atoms with E-state index in [-0.39, 0.29) is 25.9 Å². The van der Waals surface area contributed by atoms with Crippen molar-refractivity contribution >= 4 is 40.4 Å². The van der Waals surface area contributed by atoms with Crippen LogP contribution in [0.4, 0.5) is 0 Å². The number of benzene rings is 1. The van der Waals surface area contributed by atoms with E-state index < -0.39 is 53.6 Å². The van der Waals surface area contributed by atoms with Gasteiger partial charge in [-0.2, -0.15) is 0 Å². The molecule has 1 saturated heterocycles. The fourth-order valence-corrected chi connectivity index (χ4v) is 6.21. The van der Waals surface area contributed by atoms with Gasteiger partial charge < -0.3 is 29.4 Å². The quantitative estimate of drug-likeness (QED) is 0.114. The molecule has 2 N–H and O–H groups in total. The molecule has 0 spiro atoms. The molecule has 1 heterocycles. The minimum absolute atomic E-state index is 0.0530. The Morgan fingerprint density at radius 2 is 1.73 bits per heavy atom. The molecule has 3 rings (SSSR count). The maximum atomic E-state index is 13.5. The summed E-state index contributed by atoms with van der Waals surface area (Å²) in [5.41, 5.74) is 0.224. The molecule has 0 aromatic heterocycles. The van der Waals surface area contributed by atoms with E-state index >= 15 is 0 Å². The standard InChI is InChI=1S/C34H50INO8/c1-6-8-12-18-34(19-13-9-7-2)42-28-21-23(31(39)36-24(22-37)16-17-29(38)43-33(3,4)5)20-27(30(28)44-34)41-32(40)25-14-10-11-15-26(25)35/h10-11,14-15,21,24,27-28,30,37H,6-9,12-13,16-20,22H2,1-5H3,(H,36,39). The van der Waals surface area contributed by atoms with Crippen LogP contribution in [0.1, 0.15) is 116 Å². The summed E-state index contributed by atoms with van der Waals surface area (Å²) in [5, 5.41) is 12.8. The highest BCUT2D eigenvalue weighted by Gasteiger charge is 2.52. The molecule has 44 heavy (non-hydrogen) atoms. The van der Waals surface area contributed by atoms with Crippen molar-refractivity contribution in [3.8, 4) is 0 Å². The van der Waals surface area contributed by atoms with Crippen molar-refractivity contribution in [2.24, 2.45) is 0 Å². The first-order chi connectivity index (χ1) is 20.9. The third-order valence-electron chi connectivity index (χ3n) is 7.82. The van der Waals surface area contributed by atoms with Crippen LogP contribution in [0.5, 0.6) is 0 Å². The second-order valence-electron chi connectivity index (χ2n) is 12.8. The van der Waals surface area contributed by atoms with Crippen LogP contribution in [0.3, 0.4) is 0 Å². The lowest BCUT2D eigenvalue weighted by Crippen LogP contribution is -2.45. The van der Waals surface area contributed by atoms with Gasteiger partial charge in [0.2, 0.25) is 5.91 Å². The second kappa shape index (κ2) is 17.1. The van der Waals surface area contributed by atoms with Crippen LogP contribution in [0, 0.1) is 3.57 Å². The van der Waals surface area contributed by atoms with Gasteiger partial charge >= 0.3 is 11.9 Å². The number of hydrogen-bond acceptors (Lipinski definition) is 8. The van der Waals surface area contributed by atoms with Gasteiger partial charge in [-0.05, 0) is 80.8 Å². The number of ether oxygens (including phenoxy) is 4. The molecule has 4 unspecified atom stereocenters. The normalized spacial score (nSPS) is 21.6. The molecule has 1 aliphatic carbocycles. The number of nitrogens with one attached hydrogen (secondary N) is 1. The van der Waals surface area contributed by atoms with E-state index in [0.29, 0.717) is 11.1 Å². The molecule has 1 aromatic carbocycles. The number of fused-ring (bicyclic) bond motifs is 1. The third kappa shape index (κ3) is 10.8. The molecule has 1 aromatic rings. The van der Waals surface area contributed by atoms with E-state index in [1.807, 2.05) is 12.1 Å². The number of rotatable bonds is 16. The van der Waals surface area contributed by atoms with Crippen LogP contribution in [-0.2, 0) is 28.5 Å². The average Bonchev–Trinajstić information content (AvgIpc) is 3.33. The minimum Gasteiger partial charge on any atom is -0.460 e. The lowest BCUT2D eigenvalue weighted by molar-refractivity contribution is -0.190. The van der Waals surface area contributed by atoms with E-state index in [9.17, 15) is 19.5 Å². The molecular weight excluding hydrogens is 677 g/mol. The van der Waals surface area contributed by atoms with Gasteiger partial charge in [-0.25, -0.2) is 4.79 Å². The second-order valence-corrected chi connectivity index (χ2v) is 13.9. The topological polar surface area (TPSA) is 120 Å². The SMILES string of the molecule is CCCCCC1(CCCCC)OC2C=C(C(=O)NC(CO)CCC(=O)OC(C)(C)C)CC(OC(=O)c3ccccc3I)C2O1. The van der Waals surface area contributed by atoms with Gasteiger partial charge in [-0.15, -0.1) is 0 Å². The summed E-state index contributed by atoms with van der Waals surface area (Å²) >= 11 is 2.11. The zero-order valence-corrected chi connectivity index (χ0v) is 29.0. The summed E-state index contributed by atoms with van der Waals surface area (Å²) in [5.74, 6) is -2.09. The van der Waals surface area contributed by atoms with Crippen LogP contribution in [-0.4, -0.2) is 65.3 Å². The smallest absolute Gasteiger partial charge is 0.339 e. The Hall–Kier alpha value is -2.02. The number of carbonyl (C=O) groups excluding carboxylic acids is 3. The van der Waals surface area contributed by atoms with Crippen LogP contribution in [0.25, 0.3) is 0 Å². The van der Waals surface area contributed by atoms with E-state index in [2.05, 4.69) is 41.8 Å². The number of carbonyl (C=O) groups is 3. The van der Waals surface area contributed by atoms with Crippen LogP contribution < -0.4 is 5.32 Å². The first kappa shape index (κ1) is 36.4. The molecule has 1 amide bonds. The zero-order chi connectivity index (χ0) is 32.3. The lowest BCUT2D eigenvalue weighted by Gasteiger charge is -2.31. The van der Waals surface area contributed by atoms with E-state index in [1.165, 1.54) is 0 Å². The largest absolute Gasteiger partial charge is 0.460 e. The van der Waals surface area contributed by atoms with E-state index in [1.54, 1.807) is 39.0 Å². The maximum absolute atomic E-state index is 13.5. The highest BCUT2D eigenvalue weighted by atomic mass is 127. The Labute approximate surface area is 275 Å². The molecule has 1 fully saturated rings. The first-order valence-electron chi connectivity index (χ1n) is 16.1. The van der Waals surface area contributed by atoms with Crippen molar-refractivity contribution in [1.82, 2.24) is 5.32 Å². The van der Waals surface area contributed by atoms with Crippen LogP contribution >= 0.6 is 22.6 Å². The fourth-order valence-electron chi connectivity index (χ4n) is 5.60. The van der Waals surface area contributed by atoms with Gasteiger partial charge in [-0.1, -0.05) is 51.7 Å². The van der Waals surface area contributed by atoms with Gasteiger partial charge in [-0.3, -0.25) is 9.59 Å². The summed E-state index contributed by atoms with van der Waals surface area (Å²) in [6.45, 7) is 9.34. The fraction of sp³-hybridized carbons (Fsp3) is 0.676. The summed E-state index contributed by atoms with van der Waals surface area (Å²) in [7, 11) is 0. The van der Waals surface area contributed by atoms with Gasteiger partial charge in [0.05, 0.1) is 18.2 Å². The number of hydrogen-bond donors (Lipinski definition) is 2. The first-order valence-corrected chi connectivity index (χ1v) is 17.1. The molecule has 0 radical (unpaired) electrons. The Kier molecular flexibility index (Phi) is 14.1. The number of esters is 2. The predicted octanol–water partition coefficient (Wildman–Crippen LogP) is 6.39. The Morgan fingerprint density at radius 3 is 2.32 bits per heavy atom. The van der Waals surface area contributed by atoms with Crippen molar-refractivity contribution in [3.05, 3.63) is 45.0 Å². The number of aliphatic hydroxyl groups excluding tert-OH is 1. The molecule has 4 atom stereocenters. The van der Waals surface area contributed by atoms with E-state index in [0.717, 1.165) is 54.9 Å². The number of halogens is 1.